The van der Waals surface area contributed by atoms with E-state index in [0.29, 0.717) is 25.6 Å². The molecule has 0 aliphatic heterocycles. The van der Waals surface area contributed by atoms with E-state index in [1.54, 1.807) is 7.05 Å². The Balaban J connectivity index is 0. The number of rotatable bonds is 7. The summed E-state index contributed by atoms with van der Waals surface area (Å²) in [5, 5.41) is 11.9. The molecule has 26 heavy (non-hydrogen) atoms. The third-order valence-electron chi connectivity index (χ3n) is 3.00. The number of alkyl carbamates (subject to hydrolysis) is 1. The van der Waals surface area contributed by atoms with Crippen molar-refractivity contribution in [3.8, 4) is 0 Å². The molecule has 0 unspecified atom stereocenters. The zero-order chi connectivity index (χ0) is 19.7. The van der Waals surface area contributed by atoms with Crippen LogP contribution >= 0.6 is 24.0 Å². The monoisotopic (exact) mass is 485 g/mol. The minimum absolute atomic E-state index is 0. The molecule has 0 aliphatic carbocycles. The first-order valence-electron chi connectivity index (χ1n) is 8.59. The summed E-state index contributed by atoms with van der Waals surface area (Å²) < 4.78 is 5.26. The van der Waals surface area contributed by atoms with Crippen LogP contribution in [0.2, 0.25) is 0 Å². The van der Waals surface area contributed by atoms with E-state index in [2.05, 4.69) is 26.3 Å². The van der Waals surface area contributed by atoms with Gasteiger partial charge >= 0.3 is 6.09 Å². The fourth-order valence-corrected chi connectivity index (χ4v) is 1.72. The predicted molar refractivity (Wildman–Crippen MR) is 116 cm³/mol. The second-order valence-corrected chi connectivity index (χ2v) is 7.81. The van der Waals surface area contributed by atoms with Crippen LogP contribution in [0.3, 0.4) is 0 Å². The van der Waals surface area contributed by atoms with Crippen molar-refractivity contribution in [1.82, 2.24) is 21.3 Å². The molecule has 0 bridgehead atoms. The lowest BCUT2D eigenvalue weighted by Gasteiger charge is -2.29. The van der Waals surface area contributed by atoms with Gasteiger partial charge in [0.25, 0.3) is 0 Å². The van der Waals surface area contributed by atoms with E-state index < -0.39 is 17.2 Å². The lowest BCUT2D eigenvalue weighted by Crippen LogP contribution is -2.54. The number of ether oxygens (including phenoxy) is 1. The molecule has 8 nitrogen and oxygen atoms in total. The number of carbonyl (C=O) groups is 2. The molecule has 4 N–H and O–H groups in total. The third kappa shape index (κ3) is 14.0. The molecule has 0 aliphatic rings. The second kappa shape index (κ2) is 12.2. The van der Waals surface area contributed by atoms with E-state index in [-0.39, 0.29) is 35.8 Å². The summed E-state index contributed by atoms with van der Waals surface area (Å²) in [6.45, 7) is 14.5. The third-order valence-corrected chi connectivity index (χ3v) is 3.00. The fourth-order valence-electron chi connectivity index (χ4n) is 1.72. The van der Waals surface area contributed by atoms with Gasteiger partial charge in [-0.3, -0.25) is 9.79 Å². The van der Waals surface area contributed by atoms with Gasteiger partial charge in [-0.15, -0.1) is 24.0 Å². The number of hydrogen-bond donors (Lipinski definition) is 4. The Labute approximate surface area is 174 Å². The molecule has 0 radical (unpaired) electrons. The largest absolute Gasteiger partial charge is 0.444 e. The van der Waals surface area contributed by atoms with Gasteiger partial charge in [0, 0.05) is 32.6 Å². The fraction of sp³-hybridized carbons (Fsp3) is 0.824. The highest BCUT2D eigenvalue weighted by Crippen LogP contribution is 2.09. The Hall–Kier alpha value is -1.26. The Morgan fingerprint density at radius 3 is 2.00 bits per heavy atom. The van der Waals surface area contributed by atoms with Crippen LogP contribution < -0.4 is 21.3 Å². The zero-order valence-corrected chi connectivity index (χ0v) is 19.6. The average Bonchev–Trinajstić information content (AvgIpc) is 2.43. The molecule has 0 heterocycles. The first-order valence-corrected chi connectivity index (χ1v) is 8.59. The summed E-state index contributed by atoms with van der Waals surface area (Å²) in [6.07, 6.45) is -0.460. The number of amides is 2. The molecular formula is C17H36IN5O3. The number of aliphatic imine (C=N–C) groups is 1. The maximum absolute atomic E-state index is 11.9. The van der Waals surface area contributed by atoms with Crippen molar-refractivity contribution in [2.75, 3.05) is 26.7 Å². The topological polar surface area (TPSA) is 104 Å². The van der Waals surface area contributed by atoms with Crippen LogP contribution in [0.15, 0.2) is 4.99 Å². The van der Waals surface area contributed by atoms with Crippen molar-refractivity contribution >= 4 is 41.9 Å². The second-order valence-electron chi connectivity index (χ2n) is 7.81. The SMILES string of the molecule is CN=C(NCCNC(=O)C(C)C)NCC(C)(C)NC(=O)OC(C)(C)C.I. The summed E-state index contributed by atoms with van der Waals surface area (Å²) in [4.78, 5) is 27.5. The van der Waals surface area contributed by atoms with Gasteiger partial charge < -0.3 is 26.0 Å². The van der Waals surface area contributed by atoms with Crippen molar-refractivity contribution < 1.29 is 14.3 Å². The summed E-state index contributed by atoms with van der Waals surface area (Å²) >= 11 is 0. The Kier molecular flexibility index (Phi) is 12.6. The standard InChI is InChI=1S/C17H35N5O3.HI/c1-12(2)13(23)19-9-10-20-14(18-8)21-11-17(6,7)22-15(24)25-16(3,4)5;/h12H,9-11H2,1-8H3,(H,19,23)(H,22,24)(H2,18,20,21);1H. The smallest absolute Gasteiger partial charge is 0.408 e. The van der Waals surface area contributed by atoms with Crippen molar-refractivity contribution in [3.05, 3.63) is 0 Å². The van der Waals surface area contributed by atoms with Gasteiger partial charge in [0.2, 0.25) is 5.91 Å². The van der Waals surface area contributed by atoms with Crippen molar-refractivity contribution in [2.24, 2.45) is 10.9 Å². The van der Waals surface area contributed by atoms with Gasteiger partial charge in [-0.1, -0.05) is 13.8 Å². The number of nitrogens with one attached hydrogen (secondary N) is 4. The van der Waals surface area contributed by atoms with Gasteiger partial charge in [0.15, 0.2) is 5.96 Å². The van der Waals surface area contributed by atoms with Crippen LogP contribution in [0, 0.1) is 5.92 Å². The van der Waals surface area contributed by atoms with Crippen LogP contribution in [0.4, 0.5) is 4.79 Å². The molecule has 0 rings (SSSR count). The molecule has 2 amide bonds. The van der Waals surface area contributed by atoms with Crippen LogP contribution in [-0.2, 0) is 9.53 Å². The first kappa shape index (κ1) is 27.0. The van der Waals surface area contributed by atoms with Crippen LogP contribution in [0.1, 0.15) is 48.5 Å². The lowest BCUT2D eigenvalue weighted by atomic mass is 10.1. The summed E-state index contributed by atoms with van der Waals surface area (Å²) in [6, 6.07) is 0. The molecule has 0 aromatic rings. The molecule has 0 spiro atoms. The lowest BCUT2D eigenvalue weighted by molar-refractivity contribution is -0.123. The van der Waals surface area contributed by atoms with Gasteiger partial charge in [-0.25, -0.2) is 4.79 Å². The normalized spacial score (nSPS) is 12.1. The van der Waals surface area contributed by atoms with Crippen molar-refractivity contribution in [2.45, 2.75) is 59.6 Å². The average molecular weight is 485 g/mol. The van der Waals surface area contributed by atoms with Crippen LogP contribution in [-0.4, -0.2) is 55.8 Å². The molecule has 0 saturated carbocycles. The molecule has 0 saturated heterocycles. The minimum atomic E-state index is -0.536. The van der Waals surface area contributed by atoms with Gasteiger partial charge in [-0.05, 0) is 34.6 Å². The number of halogens is 1. The number of nitrogens with zero attached hydrogens (tertiary/aromatic N) is 1. The molecule has 0 fully saturated rings. The van der Waals surface area contributed by atoms with Gasteiger partial charge in [0.05, 0.1) is 5.54 Å². The minimum Gasteiger partial charge on any atom is -0.444 e. The van der Waals surface area contributed by atoms with Crippen LogP contribution in [0.5, 0.6) is 0 Å². The van der Waals surface area contributed by atoms with Crippen molar-refractivity contribution in [1.29, 1.82) is 0 Å². The number of carbonyl (C=O) groups excluding carboxylic acids is 2. The number of guanidine groups is 1. The summed E-state index contributed by atoms with van der Waals surface area (Å²) in [5.74, 6) is 0.586. The van der Waals surface area contributed by atoms with Gasteiger partial charge in [0.1, 0.15) is 5.60 Å². The highest BCUT2D eigenvalue weighted by atomic mass is 127. The van der Waals surface area contributed by atoms with E-state index in [1.807, 2.05) is 48.5 Å². The molecule has 154 valence electrons. The van der Waals surface area contributed by atoms with Crippen LogP contribution in [0.25, 0.3) is 0 Å². The van der Waals surface area contributed by atoms with Gasteiger partial charge in [-0.2, -0.15) is 0 Å². The van der Waals surface area contributed by atoms with E-state index in [1.165, 1.54) is 0 Å². The summed E-state index contributed by atoms with van der Waals surface area (Å²) in [5.41, 5.74) is -1.06. The van der Waals surface area contributed by atoms with E-state index >= 15 is 0 Å². The molecule has 0 aromatic carbocycles. The predicted octanol–water partition coefficient (Wildman–Crippen LogP) is 1.84. The highest BCUT2D eigenvalue weighted by Gasteiger charge is 2.24. The maximum Gasteiger partial charge on any atom is 0.408 e. The van der Waals surface area contributed by atoms with E-state index in [9.17, 15) is 9.59 Å². The molecule has 9 heteroatoms. The Bertz CT molecular complexity index is 474. The maximum atomic E-state index is 11.9. The van der Waals surface area contributed by atoms with Crippen molar-refractivity contribution in [3.63, 3.8) is 0 Å². The molecule has 0 aromatic heterocycles. The van der Waals surface area contributed by atoms with E-state index in [4.69, 9.17) is 4.74 Å². The molecule has 0 atom stereocenters. The first-order chi connectivity index (χ1) is 11.4. The Morgan fingerprint density at radius 1 is 1.00 bits per heavy atom. The van der Waals surface area contributed by atoms with E-state index in [0.717, 1.165) is 0 Å². The Morgan fingerprint density at radius 2 is 1.54 bits per heavy atom. The molecular weight excluding hydrogens is 449 g/mol. The number of hydrogen-bond acceptors (Lipinski definition) is 4. The zero-order valence-electron chi connectivity index (χ0n) is 17.3. The highest BCUT2D eigenvalue weighted by molar-refractivity contribution is 14.0. The summed E-state index contributed by atoms with van der Waals surface area (Å²) in [7, 11) is 1.66. The quantitative estimate of drug-likeness (QED) is 0.191.